The van der Waals surface area contributed by atoms with E-state index in [0.29, 0.717) is 19.7 Å². The van der Waals surface area contributed by atoms with Gasteiger partial charge in [-0.25, -0.2) is 4.79 Å². The Morgan fingerprint density at radius 1 is 1.07 bits per heavy atom. The van der Waals surface area contributed by atoms with Crippen molar-refractivity contribution in [1.82, 2.24) is 15.2 Å². The summed E-state index contributed by atoms with van der Waals surface area (Å²) in [5.74, 6) is 0. The maximum absolute atomic E-state index is 11.9. The van der Waals surface area contributed by atoms with Gasteiger partial charge in [-0.05, 0) is 12.5 Å². The van der Waals surface area contributed by atoms with Gasteiger partial charge in [-0.3, -0.25) is 10.3 Å². The lowest BCUT2D eigenvalue weighted by molar-refractivity contribution is 0.0585. The van der Waals surface area contributed by atoms with Crippen LogP contribution in [0.1, 0.15) is 29.8 Å². The summed E-state index contributed by atoms with van der Waals surface area (Å²) in [4.78, 5) is 16.0. The fourth-order valence-corrected chi connectivity index (χ4v) is 3.68. The minimum Gasteiger partial charge on any atom is -0.450 e. The number of nitrogens with zero attached hydrogens (tertiary/aromatic N) is 3. The van der Waals surface area contributed by atoms with Gasteiger partial charge in [-0.15, -0.1) is 0 Å². The second kappa shape index (κ2) is 7.80. The van der Waals surface area contributed by atoms with Crippen LogP contribution in [0.25, 0.3) is 0 Å². The quantitative estimate of drug-likeness (QED) is 0.910. The van der Waals surface area contributed by atoms with E-state index < -0.39 is 0 Å². The lowest BCUT2D eigenvalue weighted by Crippen LogP contribution is -2.52. The van der Waals surface area contributed by atoms with E-state index >= 15 is 0 Å². The lowest BCUT2D eigenvalue weighted by atomic mass is 9.94. The predicted octanol–water partition coefficient (Wildman–Crippen LogP) is 2.81. The highest BCUT2D eigenvalue weighted by Crippen LogP contribution is 2.28. The van der Waals surface area contributed by atoms with Gasteiger partial charge < -0.3 is 9.64 Å². The topological polar surface area (TPSA) is 57.2 Å². The van der Waals surface area contributed by atoms with Crippen LogP contribution in [0.4, 0.5) is 4.79 Å². The normalized spacial score (nSPS) is 19.7. The van der Waals surface area contributed by atoms with Crippen LogP contribution in [0, 0.1) is 0 Å². The van der Waals surface area contributed by atoms with Crippen molar-refractivity contribution >= 4 is 11.8 Å². The summed E-state index contributed by atoms with van der Waals surface area (Å²) in [6.07, 6.45) is -0.212. The molecule has 140 valence electrons. The van der Waals surface area contributed by atoms with Crippen LogP contribution in [0.2, 0.25) is 0 Å². The number of piperazine rings is 1. The first-order valence-electron chi connectivity index (χ1n) is 9.41. The lowest BCUT2D eigenvalue weighted by Gasteiger charge is -2.40. The Bertz CT molecular complexity index is 829. The molecule has 2 aliphatic heterocycles. The monoisotopic (exact) mass is 364 g/mol. The molecular weight excluding hydrogens is 340 g/mol. The van der Waals surface area contributed by atoms with E-state index in [2.05, 4.69) is 46.7 Å². The number of hydrazone groups is 1. The van der Waals surface area contributed by atoms with Crippen LogP contribution in [0.3, 0.4) is 0 Å². The third-order valence-corrected chi connectivity index (χ3v) is 5.06. The van der Waals surface area contributed by atoms with Crippen LogP contribution in [-0.2, 0) is 4.74 Å². The fraction of sp³-hybridized carbons (Fsp3) is 0.333. The molecule has 2 heterocycles. The molecule has 2 aliphatic rings. The molecule has 0 saturated carbocycles. The fourth-order valence-electron chi connectivity index (χ4n) is 3.68. The molecule has 4 rings (SSSR count). The average Bonchev–Trinajstić information content (AvgIpc) is 2.74. The van der Waals surface area contributed by atoms with Gasteiger partial charge in [-0.2, -0.15) is 5.10 Å². The van der Waals surface area contributed by atoms with Gasteiger partial charge in [0.2, 0.25) is 0 Å². The van der Waals surface area contributed by atoms with E-state index in [1.807, 2.05) is 25.1 Å². The largest absolute Gasteiger partial charge is 0.450 e. The molecule has 0 unspecified atom stereocenters. The number of rotatable bonds is 3. The molecule has 1 saturated heterocycles. The molecule has 6 heteroatoms. The molecule has 0 aliphatic carbocycles. The van der Waals surface area contributed by atoms with Crippen molar-refractivity contribution in [2.24, 2.45) is 5.10 Å². The summed E-state index contributed by atoms with van der Waals surface area (Å²) in [5.41, 5.74) is 7.78. The summed E-state index contributed by atoms with van der Waals surface area (Å²) >= 11 is 0. The third-order valence-electron chi connectivity index (χ3n) is 5.06. The molecule has 1 atom stereocenters. The van der Waals surface area contributed by atoms with E-state index in [-0.39, 0.29) is 12.3 Å². The number of hydrogen-bond acceptors (Lipinski definition) is 5. The van der Waals surface area contributed by atoms with E-state index in [1.54, 1.807) is 4.90 Å². The molecule has 0 spiro atoms. The Morgan fingerprint density at radius 2 is 1.78 bits per heavy atom. The van der Waals surface area contributed by atoms with Gasteiger partial charge in [0.05, 0.1) is 12.3 Å². The molecule has 6 nitrogen and oxygen atoms in total. The van der Waals surface area contributed by atoms with Gasteiger partial charge in [0, 0.05) is 37.3 Å². The molecule has 0 aromatic heterocycles. The Kier molecular flexibility index (Phi) is 5.07. The first-order chi connectivity index (χ1) is 13.3. The number of carbonyl (C=O) groups is 1. The molecule has 27 heavy (non-hydrogen) atoms. The number of carbonyl (C=O) groups excluding carboxylic acids is 1. The van der Waals surface area contributed by atoms with E-state index in [0.717, 1.165) is 29.9 Å². The zero-order valence-electron chi connectivity index (χ0n) is 15.5. The molecule has 1 fully saturated rings. The Balaban J connectivity index is 1.53. The highest BCUT2D eigenvalue weighted by molar-refractivity contribution is 6.14. The molecule has 1 amide bonds. The first-order valence-corrected chi connectivity index (χ1v) is 9.41. The molecule has 1 N–H and O–H groups in total. The zero-order valence-corrected chi connectivity index (χ0v) is 15.5. The van der Waals surface area contributed by atoms with E-state index in [9.17, 15) is 4.79 Å². The smallest absolute Gasteiger partial charge is 0.409 e. The van der Waals surface area contributed by atoms with Gasteiger partial charge in [-0.1, -0.05) is 54.6 Å². The molecular formula is C21H24N4O2. The van der Waals surface area contributed by atoms with Crippen molar-refractivity contribution < 1.29 is 9.53 Å². The van der Waals surface area contributed by atoms with E-state index in [4.69, 9.17) is 9.84 Å². The van der Waals surface area contributed by atoms with Crippen LogP contribution in [-0.4, -0.2) is 54.4 Å². The zero-order chi connectivity index (χ0) is 18.6. The van der Waals surface area contributed by atoms with Crippen LogP contribution in [0.5, 0.6) is 0 Å². The van der Waals surface area contributed by atoms with Crippen molar-refractivity contribution in [3.05, 3.63) is 71.3 Å². The first kappa shape index (κ1) is 17.5. The van der Waals surface area contributed by atoms with Crippen molar-refractivity contribution in [2.45, 2.75) is 13.1 Å². The van der Waals surface area contributed by atoms with Gasteiger partial charge in [0.15, 0.2) is 0 Å². The summed E-state index contributed by atoms with van der Waals surface area (Å²) in [6, 6.07) is 18.6. The van der Waals surface area contributed by atoms with Gasteiger partial charge in [0.1, 0.15) is 6.17 Å². The summed E-state index contributed by atoms with van der Waals surface area (Å²) < 4.78 is 5.11. The highest BCUT2D eigenvalue weighted by Gasteiger charge is 2.31. The number of nitrogens with one attached hydrogen (secondary N) is 1. The predicted molar refractivity (Wildman–Crippen MR) is 105 cm³/mol. The third kappa shape index (κ3) is 3.53. The van der Waals surface area contributed by atoms with E-state index in [1.165, 1.54) is 5.56 Å². The molecule has 2 aromatic rings. The number of hydrogen-bond donors (Lipinski definition) is 1. The second-order valence-corrected chi connectivity index (χ2v) is 6.67. The Labute approximate surface area is 159 Å². The van der Waals surface area contributed by atoms with Crippen LogP contribution in [0.15, 0.2) is 59.7 Å². The number of ether oxygens (including phenoxy) is 1. The maximum Gasteiger partial charge on any atom is 0.409 e. The minimum absolute atomic E-state index is 0.0120. The average molecular weight is 364 g/mol. The van der Waals surface area contributed by atoms with Crippen molar-refractivity contribution in [3.8, 4) is 0 Å². The standard InChI is InChI=1S/C21H24N4O2/c1-2-27-21(26)25-14-12-24(13-15-25)20-18-11-7-6-10-17(18)19(22-23-20)16-8-4-3-5-9-16/h3-11,20,23H,2,12-15H2,1H3/t20-/m0/s1. The second-order valence-electron chi connectivity index (χ2n) is 6.67. The minimum atomic E-state index is -0.224. The summed E-state index contributed by atoms with van der Waals surface area (Å²) in [6.45, 7) is 5.12. The van der Waals surface area contributed by atoms with Gasteiger partial charge >= 0.3 is 6.09 Å². The summed E-state index contributed by atoms with van der Waals surface area (Å²) in [7, 11) is 0. The van der Waals surface area contributed by atoms with Crippen molar-refractivity contribution in [1.29, 1.82) is 0 Å². The summed E-state index contributed by atoms with van der Waals surface area (Å²) in [5, 5.41) is 4.70. The van der Waals surface area contributed by atoms with Gasteiger partial charge in [0.25, 0.3) is 0 Å². The molecule has 2 aromatic carbocycles. The number of fused-ring (bicyclic) bond motifs is 1. The number of amides is 1. The Hall–Kier alpha value is -2.86. The number of benzene rings is 2. The van der Waals surface area contributed by atoms with Crippen LogP contribution < -0.4 is 5.43 Å². The highest BCUT2D eigenvalue weighted by atomic mass is 16.6. The van der Waals surface area contributed by atoms with Crippen LogP contribution >= 0.6 is 0 Å². The van der Waals surface area contributed by atoms with Crippen molar-refractivity contribution in [2.75, 3.05) is 32.8 Å². The molecule has 0 radical (unpaired) electrons. The van der Waals surface area contributed by atoms with Crippen molar-refractivity contribution in [3.63, 3.8) is 0 Å². The maximum atomic E-state index is 11.9. The molecule has 0 bridgehead atoms. The SMILES string of the molecule is CCOC(=O)N1CCN([C@@H]2NN=C(c3ccccc3)c3ccccc32)CC1. The Morgan fingerprint density at radius 3 is 2.52 bits per heavy atom.